The molecule has 3 heterocycles. The molecule has 29 heavy (non-hydrogen) atoms. The predicted octanol–water partition coefficient (Wildman–Crippen LogP) is 0.423. The second kappa shape index (κ2) is 8.20. The van der Waals surface area contributed by atoms with Gasteiger partial charge >= 0.3 is 0 Å². The highest BCUT2D eigenvalue weighted by molar-refractivity contribution is 7.98. The van der Waals surface area contributed by atoms with Gasteiger partial charge in [-0.1, -0.05) is 23.9 Å². The van der Waals surface area contributed by atoms with E-state index in [4.69, 9.17) is 9.94 Å². The maximum atomic E-state index is 10.9. The molecule has 1 saturated heterocycles. The number of aliphatic hydroxyl groups excluding tert-OH is 3. The number of hydrogen-bond donors (Lipinski definition) is 4. The minimum atomic E-state index is -1.23. The highest BCUT2D eigenvalue weighted by atomic mass is 32.2. The first-order valence-electron chi connectivity index (χ1n) is 8.67. The fraction of sp³-hybridized carbons (Fsp3) is 0.353. The number of nitrogens with zero attached hydrogens (tertiary/aromatic N) is 5. The molecular weight excluding hydrogens is 402 g/mol. The van der Waals surface area contributed by atoms with Crippen LogP contribution in [0.4, 0.5) is 5.69 Å². The van der Waals surface area contributed by atoms with Crippen LogP contribution in [0.2, 0.25) is 0 Å². The standard InChI is InChI=1S/C17H18N5O6S/c23-5-11-13(24)14(25)17(28-11)21-8-20-12-15(21)18-7-19-16(12)29-6-9-1-3-10(4-2-9)22(26)27/h1-4,7-8,11,13-14,17,23-26H,5-6H2/q-1/t11-,13+,14+,17-/m1/s1. The van der Waals surface area contributed by atoms with Gasteiger partial charge in [0.05, 0.1) is 18.6 Å². The average Bonchev–Trinajstić information content (AvgIpc) is 3.28. The number of thioether (sulfide) groups is 1. The van der Waals surface area contributed by atoms with E-state index in [2.05, 4.69) is 15.0 Å². The minimum Gasteiger partial charge on any atom is -0.733 e. The molecule has 1 aliphatic heterocycles. The van der Waals surface area contributed by atoms with Crippen molar-refractivity contribution in [1.29, 1.82) is 0 Å². The predicted molar refractivity (Wildman–Crippen MR) is 102 cm³/mol. The van der Waals surface area contributed by atoms with E-state index in [0.29, 0.717) is 21.9 Å². The van der Waals surface area contributed by atoms with Gasteiger partial charge < -0.3 is 30.5 Å². The Morgan fingerprint density at radius 2 is 1.90 bits per heavy atom. The summed E-state index contributed by atoms with van der Waals surface area (Å²) < 4.78 is 7.05. The number of aliphatic hydroxyl groups is 3. The van der Waals surface area contributed by atoms with Crippen LogP contribution < -0.4 is 5.23 Å². The summed E-state index contributed by atoms with van der Waals surface area (Å²) in [6.07, 6.45) is -1.46. The van der Waals surface area contributed by atoms with Gasteiger partial charge in [-0.05, 0) is 17.7 Å². The van der Waals surface area contributed by atoms with Gasteiger partial charge in [-0.3, -0.25) is 9.77 Å². The topological polar surface area (TPSA) is 160 Å². The number of aromatic nitrogens is 4. The zero-order valence-corrected chi connectivity index (χ0v) is 15.8. The third-order valence-electron chi connectivity index (χ3n) is 4.65. The van der Waals surface area contributed by atoms with Gasteiger partial charge in [-0.25, -0.2) is 15.0 Å². The summed E-state index contributed by atoms with van der Waals surface area (Å²) in [6.45, 7) is -0.420. The zero-order chi connectivity index (χ0) is 20.5. The molecule has 11 nitrogen and oxygen atoms in total. The first-order valence-corrected chi connectivity index (χ1v) is 9.66. The molecule has 4 atom stereocenters. The van der Waals surface area contributed by atoms with Crippen molar-refractivity contribution in [2.24, 2.45) is 0 Å². The zero-order valence-electron chi connectivity index (χ0n) is 14.9. The molecular formula is C17H18N5O6S-. The average molecular weight is 420 g/mol. The third-order valence-corrected chi connectivity index (χ3v) is 5.70. The molecule has 1 aromatic carbocycles. The van der Waals surface area contributed by atoms with E-state index in [1.54, 1.807) is 12.1 Å². The first kappa shape index (κ1) is 20.0. The van der Waals surface area contributed by atoms with Crippen molar-refractivity contribution in [2.75, 3.05) is 11.8 Å². The van der Waals surface area contributed by atoms with Crippen LogP contribution in [0.5, 0.6) is 0 Å². The molecule has 0 aliphatic carbocycles. The molecule has 1 aliphatic rings. The first-order chi connectivity index (χ1) is 14.0. The number of fused-ring (bicyclic) bond motifs is 1. The van der Waals surface area contributed by atoms with Crippen molar-refractivity contribution in [2.45, 2.75) is 35.3 Å². The van der Waals surface area contributed by atoms with Crippen LogP contribution in [0, 0.1) is 5.21 Å². The molecule has 0 saturated carbocycles. The van der Waals surface area contributed by atoms with E-state index in [1.165, 1.54) is 41.1 Å². The van der Waals surface area contributed by atoms with Crippen LogP contribution in [0.15, 0.2) is 41.9 Å². The van der Waals surface area contributed by atoms with Gasteiger partial charge in [-0.2, -0.15) is 0 Å². The van der Waals surface area contributed by atoms with Gasteiger partial charge in [0.1, 0.15) is 35.2 Å². The Morgan fingerprint density at radius 1 is 1.14 bits per heavy atom. The van der Waals surface area contributed by atoms with Crippen LogP contribution in [-0.4, -0.2) is 65.0 Å². The molecule has 12 heteroatoms. The highest BCUT2D eigenvalue weighted by Gasteiger charge is 2.44. The number of anilines is 1. The van der Waals surface area contributed by atoms with Gasteiger partial charge in [0.15, 0.2) is 11.9 Å². The molecule has 0 amide bonds. The van der Waals surface area contributed by atoms with Crippen molar-refractivity contribution in [3.05, 3.63) is 47.7 Å². The molecule has 0 radical (unpaired) electrons. The summed E-state index contributed by atoms with van der Waals surface area (Å²) in [5, 5.41) is 49.6. The van der Waals surface area contributed by atoms with Crippen LogP contribution in [0.25, 0.3) is 11.2 Å². The minimum absolute atomic E-state index is 0.139. The fourth-order valence-corrected chi connectivity index (χ4v) is 4.00. The molecule has 0 bridgehead atoms. The van der Waals surface area contributed by atoms with Crippen molar-refractivity contribution in [1.82, 2.24) is 19.5 Å². The second-order valence-electron chi connectivity index (χ2n) is 6.46. The normalized spacial score (nSPS) is 24.3. The van der Waals surface area contributed by atoms with E-state index in [9.17, 15) is 20.5 Å². The van der Waals surface area contributed by atoms with E-state index in [1.807, 2.05) is 0 Å². The largest absolute Gasteiger partial charge is 0.733 e. The number of imidazole rings is 1. The number of benzene rings is 1. The molecule has 154 valence electrons. The maximum absolute atomic E-state index is 10.9. The lowest BCUT2D eigenvalue weighted by molar-refractivity contribution is -0.0511. The van der Waals surface area contributed by atoms with E-state index in [0.717, 1.165) is 5.56 Å². The Morgan fingerprint density at radius 3 is 2.55 bits per heavy atom. The van der Waals surface area contributed by atoms with Crippen LogP contribution >= 0.6 is 11.8 Å². The smallest absolute Gasteiger partial charge is 0.166 e. The molecule has 0 unspecified atom stereocenters. The fourth-order valence-electron chi connectivity index (χ4n) is 3.10. The summed E-state index contributed by atoms with van der Waals surface area (Å²) in [5.74, 6) is 0.539. The third kappa shape index (κ3) is 3.79. The lowest BCUT2D eigenvalue weighted by Crippen LogP contribution is -2.33. The Hall–Kier alpha value is -2.32. The summed E-state index contributed by atoms with van der Waals surface area (Å²) in [5.41, 5.74) is 1.98. The summed E-state index contributed by atoms with van der Waals surface area (Å²) >= 11 is 1.41. The van der Waals surface area contributed by atoms with Gasteiger partial charge in [-0.15, -0.1) is 0 Å². The quantitative estimate of drug-likeness (QED) is 0.249. The van der Waals surface area contributed by atoms with E-state index < -0.39 is 31.1 Å². The second-order valence-corrected chi connectivity index (χ2v) is 7.42. The Bertz CT molecular complexity index is 984. The lowest BCUT2D eigenvalue weighted by Gasteiger charge is -2.21. The maximum Gasteiger partial charge on any atom is 0.166 e. The molecule has 4 rings (SSSR count). The lowest BCUT2D eigenvalue weighted by atomic mass is 10.1. The summed E-state index contributed by atoms with van der Waals surface area (Å²) in [6, 6.07) is 6.46. The van der Waals surface area contributed by atoms with Crippen LogP contribution in [0.1, 0.15) is 11.8 Å². The Balaban J connectivity index is 1.55. The molecule has 2 aromatic heterocycles. The van der Waals surface area contributed by atoms with Crippen molar-refractivity contribution in [3.63, 3.8) is 0 Å². The van der Waals surface area contributed by atoms with Crippen molar-refractivity contribution in [3.8, 4) is 0 Å². The van der Waals surface area contributed by atoms with E-state index >= 15 is 0 Å². The summed E-state index contributed by atoms with van der Waals surface area (Å²) in [4.78, 5) is 12.8. The van der Waals surface area contributed by atoms with Crippen molar-refractivity contribution >= 4 is 28.6 Å². The van der Waals surface area contributed by atoms with Gasteiger partial charge in [0, 0.05) is 5.75 Å². The van der Waals surface area contributed by atoms with Crippen LogP contribution in [-0.2, 0) is 10.5 Å². The van der Waals surface area contributed by atoms with Gasteiger partial charge in [0.2, 0.25) is 0 Å². The number of rotatable bonds is 6. The Kier molecular flexibility index (Phi) is 5.65. The Labute approximate surface area is 168 Å². The monoisotopic (exact) mass is 420 g/mol. The van der Waals surface area contributed by atoms with Crippen LogP contribution in [0.3, 0.4) is 0 Å². The molecule has 4 N–H and O–H groups in total. The SMILES string of the molecule is [O-]N(O)c1ccc(CSc2ncnc3c2ncn3[C@@H]2O[C@H](CO)[C@H](O)[C@@H]2O)cc1. The number of hydrogen-bond acceptors (Lipinski definition) is 11. The summed E-state index contributed by atoms with van der Waals surface area (Å²) in [7, 11) is 0. The van der Waals surface area contributed by atoms with Gasteiger partial charge in [0.25, 0.3) is 0 Å². The molecule has 1 fully saturated rings. The number of ether oxygens (including phenoxy) is 1. The molecule has 3 aromatic rings. The van der Waals surface area contributed by atoms with Crippen molar-refractivity contribution < 1.29 is 25.3 Å². The molecule has 0 spiro atoms. The van der Waals surface area contributed by atoms with E-state index in [-0.39, 0.29) is 10.9 Å². The highest BCUT2D eigenvalue weighted by Crippen LogP contribution is 2.33.